The van der Waals surface area contributed by atoms with Gasteiger partial charge in [0, 0.05) is 18.1 Å². The molecule has 29 heavy (non-hydrogen) atoms. The summed E-state index contributed by atoms with van der Waals surface area (Å²) in [6.07, 6.45) is 1.39. The van der Waals surface area contributed by atoms with Gasteiger partial charge in [0.25, 0.3) is 5.56 Å². The Kier molecular flexibility index (Phi) is 6.39. The number of nitrogens with zero attached hydrogens (tertiary/aromatic N) is 3. The monoisotopic (exact) mass is 415 g/mol. The van der Waals surface area contributed by atoms with Crippen LogP contribution in [0.1, 0.15) is 12.5 Å². The lowest BCUT2D eigenvalue weighted by Gasteiger charge is -2.22. The average Bonchev–Trinajstić information content (AvgIpc) is 2.74. The number of fused-ring (bicyclic) bond motifs is 1. The first-order chi connectivity index (χ1) is 14.0. The minimum absolute atomic E-state index is 0.102. The Morgan fingerprint density at radius 3 is 2.59 bits per heavy atom. The van der Waals surface area contributed by atoms with Crippen LogP contribution in [0.5, 0.6) is 11.5 Å². The fourth-order valence-electron chi connectivity index (χ4n) is 3.07. The molecule has 0 aliphatic carbocycles. The zero-order chi connectivity index (χ0) is 21.0. The van der Waals surface area contributed by atoms with Crippen LogP contribution in [0.4, 0.5) is 0 Å². The summed E-state index contributed by atoms with van der Waals surface area (Å²) < 4.78 is 11.9. The fraction of sp³-hybridized carbons (Fsp3) is 0.286. The van der Waals surface area contributed by atoms with Crippen molar-refractivity contribution in [3.8, 4) is 11.5 Å². The molecular weight excluding hydrogens is 394 g/mol. The minimum Gasteiger partial charge on any atom is -0.493 e. The molecule has 3 aromatic rings. The van der Waals surface area contributed by atoms with E-state index in [1.54, 1.807) is 43.4 Å². The SMILES string of the molecule is CCN(Cc1ccc(OC)c(OC)c1)C(=O)Cn1cnc2ccc(Cl)cc2c1=O. The van der Waals surface area contributed by atoms with E-state index in [1.165, 1.54) is 10.9 Å². The van der Waals surface area contributed by atoms with E-state index >= 15 is 0 Å². The maximum absolute atomic E-state index is 12.8. The van der Waals surface area contributed by atoms with Gasteiger partial charge in [-0.1, -0.05) is 17.7 Å². The Morgan fingerprint density at radius 1 is 1.14 bits per heavy atom. The van der Waals surface area contributed by atoms with E-state index in [-0.39, 0.29) is 18.0 Å². The number of ether oxygens (including phenoxy) is 2. The first-order valence-electron chi connectivity index (χ1n) is 9.10. The summed E-state index contributed by atoms with van der Waals surface area (Å²) in [5, 5.41) is 0.833. The number of rotatable bonds is 7. The fourth-order valence-corrected chi connectivity index (χ4v) is 3.24. The summed E-state index contributed by atoms with van der Waals surface area (Å²) >= 11 is 5.99. The molecule has 0 N–H and O–H groups in total. The van der Waals surface area contributed by atoms with Crippen LogP contribution >= 0.6 is 11.6 Å². The Hall–Kier alpha value is -3.06. The number of benzene rings is 2. The second-order valence-corrected chi connectivity index (χ2v) is 6.87. The van der Waals surface area contributed by atoms with Gasteiger partial charge in [0.05, 0.1) is 31.4 Å². The zero-order valence-corrected chi connectivity index (χ0v) is 17.3. The van der Waals surface area contributed by atoms with Crippen molar-refractivity contribution >= 4 is 28.4 Å². The molecule has 0 aliphatic rings. The summed E-state index contributed by atoms with van der Waals surface area (Å²) in [4.78, 5) is 31.5. The van der Waals surface area contributed by atoms with Crippen molar-refractivity contribution in [2.24, 2.45) is 0 Å². The largest absolute Gasteiger partial charge is 0.493 e. The summed E-state index contributed by atoms with van der Waals surface area (Å²) in [6.45, 7) is 2.67. The highest BCUT2D eigenvalue weighted by Crippen LogP contribution is 2.28. The van der Waals surface area contributed by atoms with Crippen LogP contribution in [0.2, 0.25) is 5.02 Å². The van der Waals surface area contributed by atoms with Crippen molar-refractivity contribution in [1.82, 2.24) is 14.5 Å². The third kappa shape index (κ3) is 4.51. The maximum atomic E-state index is 12.8. The molecule has 0 atom stereocenters. The Balaban J connectivity index is 1.81. The minimum atomic E-state index is -0.298. The molecule has 7 nitrogen and oxygen atoms in total. The third-order valence-corrected chi connectivity index (χ3v) is 4.88. The van der Waals surface area contributed by atoms with Gasteiger partial charge in [-0.15, -0.1) is 0 Å². The predicted molar refractivity (Wildman–Crippen MR) is 112 cm³/mol. The molecule has 0 fully saturated rings. The molecule has 1 heterocycles. The van der Waals surface area contributed by atoms with Crippen molar-refractivity contribution in [3.63, 3.8) is 0 Å². The lowest BCUT2D eigenvalue weighted by molar-refractivity contribution is -0.132. The molecular formula is C21H22ClN3O4. The number of hydrogen-bond donors (Lipinski definition) is 0. The number of carbonyl (C=O) groups excluding carboxylic acids is 1. The number of aromatic nitrogens is 2. The maximum Gasteiger partial charge on any atom is 0.261 e. The molecule has 0 saturated carbocycles. The first kappa shape index (κ1) is 20.7. The predicted octanol–water partition coefficient (Wildman–Crippen LogP) is 3.12. The van der Waals surface area contributed by atoms with Crippen LogP contribution in [0.3, 0.4) is 0 Å². The molecule has 2 aromatic carbocycles. The zero-order valence-electron chi connectivity index (χ0n) is 16.5. The lowest BCUT2D eigenvalue weighted by atomic mass is 10.2. The smallest absolute Gasteiger partial charge is 0.261 e. The van der Waals surface area contributed by atoms with Crippen LogP contribution in [0.15, 0.2) is 47.5 Å². The van der Waals surface area contributed by atoms with Crippen LogP contribution < -0.4 is 15.0 Å². The van der Waals surface area contributed by atoms with Gasteiger partial charge in [0.2, 0.25) is 5.91 Å². The van der Waals surface area contributed by atoms with Crippen LogP contribution in [0, 0.1) is 0 Å². The molecule has 3 rings (SSSR count). The normalized spacial score (nSPS) is 10.8. The Morgan fingerprint density at radius 2 is 1.90 bits per heavy atom. The van der Waals surface area contributed by atoms with Gasteiger partial charge in [0.15, 0.2) is 11.5 Å². The van der Waals surface area contributed by atoms with Gasteiger partial charge in [-0.25, -0.2) is 4.98 Å². The summed E-state index contributed by atoms with van der Waals surface area (Å²) in [5.41, 5.74) is 1.14. The van der Waals surface area contributed by atoms with E-state index in [0.29, 0.717) is 40.5 Å². The van der Waals surface area contributed by atoms with Crippen molar-refractivity contribution in [2.45, 2.75) is 20.0 Å². The third-order valence-electron chi connectivity index (χ3n) is 4.65. The summed E-state index contributed by atoms with van der Waals surface area (Å²) in [7, 11) is 3.14. The van der Waals surface area contributed by atoms with Gasteiger partial charge >= 0.3 is 0 Å². The Bertz CT molecular complexity index is 1100. The Labute approximate surface area is 173 Å². The molecule has 8 heteroatoms. The second-order valence-electron chi connectivity index (χ2n) is 6.44. The molecule has 0 bridgehead atoms. The number of hydrogen-bond acceptors (Lipinski definition) is 5. The summed E-state index contributed by atoms with van der Waals surface area (Å²) in [6, 6.07) is 10.4. The number of amides is 1. The van der Waals surface area contributed by atoms with E-state index < -0.39 is 0 Å². The van der Waals surface area contributed by atoms with Crippen molar-refractivity contribution in [3.05, 3.63) is 63.7 Å². The second kappa shape index (κ2) is 8.96. The molecule has 152 valence electrons. The molecule has 0 spiro atoms. The van der Waals surface area contributed by atoms with Crippen molar-refractivity contribution < 1.29 is 14.3 Å². The van der Waals surface area contributed by atoms with E-state index in [2.05, 4.69) is 4.98 Å². The van der Waals surface area contributed by atoms with Crippen molar-refractivity contribution in [2.75, 3.05) is 20.8 Å². The van der Waals surface area contributed by atoms with E-state index in [1.807, 2.05) is 19.1 Å². The molecule has 0 saturated heterocycles. The van der Waals surface area contributed by atoms with E-state index in [0.717, 1.165) is 5.56 Å². The highest BCUT2D eigenvalue weighted by atomic mass is 35.5. The number of likely N-dealkylation sites (N-methyl/N-ethyl adjacent to an activating group) is 1. The van der Waals surface area contributed by atoms with Crippen LogP contribution in [0.25, 0.3) is 10.9 Å². The quantitative estimate of drug-likeness (QED) is 0.592. The van der Waals surface area contributed by atoms with Crippen molar-refractivity contribution in [1.29, 1.82) is 0 Å². The average molecular weight is 416 g/mol. The van der Waals surface area contributed by atoms with Gasteiger partial charge in [0.1, 0.15) is 6.54 Å². The van der Waals surface area contributed by atoms with Gasteiger partial charge in [-0.05, 0) is 42.8 Å². The molecule has 1 aromatic heterocycles. The number of halogens is 1. The molecule has 0 aliphatic heterocycles. The van der Waals surface area contributed by atoms with Gasteiger partial charge in [-0.3, -0.25) is 14.2 Å². The molecule has 1 amide bonds. The molecule has 0 unspecified atom stereocenters. The lowest BCUT2D eigenvalue weighted by Crippen LogP contribution is -2.36. The van der Waals surface area contributed by atoms with Crippen LogP contribution in [-0.2, 0) is 17.9 Å². The molecule has 0 radical (unpaired) electrons. The van der Waals surface area contributed by atoms with Crippen LogP contribution in [-0.4, -0.2) is 41.1 Å². The number of methoxy groups -OCH3 is 2. The topological polar surface area (TPSA) is 73.7 Å². The highest BCUT2D eigenvalue weighted by molar-refractivity contribution is 6.31. The highest BCUT2D eigenvalue weighted by Gasteiger charge is 2.16. The summed E-state index contributed by atoms with van der Waals surface area (Å²) in [5.74, 6) is 1.03. The van der Waals surface area contributed by atoms with Gasteiger partial charge in [-0.2, -0.15) is 0 Å². The number of carbonyl (C=O) groups is 1. The first-order valence-corrected chi connectivity index (χ1v) is 9.48. The van der Waals surface area contributed by atoms with E-state index in [4.69, 9.17) is 21.1 Å². The van der Waals surface area contributed by atoms with E-state index in [9.17, 15) is 9.59 Å². The van der Waals surface area contributed by atoms with Gasteiger partial charge < -0.3 is 14.4 Å². The standard InChI is InChI=1S/C21H22ClN3O4/c1-4-24(11-14-5-8-18(28-2)19(9-14)29-3)20(26)12-25-13-23-17-7-6-15(22)10-16(17)21(25)27/h5-10,13H,4,11-12H2,1-3H3.